The summed E-state index contributed by atoms with van der Waals surface area (Å²) < 4.78 is 0. The van der Waals surface area contributed by atoms with E-state index in [9.17, 15) is 4.79 Å². The molecule has 3 heteroatoms. The number of thioether (sulfide) groups is 2. The number of allylic oxidation sites excluding steroid dienone is 1. The van der Waals surface area contributed by atoms with E-state index in [0.717, 1.165) is 28.4 Å². The van der Waals surface area contributed by atoms with Crippen LogP contribution in [0, 0.1) is 0 Å². The standard InChI is InChI=1S/C10H14OS2/c1-3-6-12-8-5-10(9-11)13-7-4-2/h3-5,9H,1-2,6-8H2/b10-5-. The second kappa shape index (κ2) is 9.68. The molecule has 0 saturated heterocycles. The van der Waals surface area contributed by atoms with E-state index in [1.807, 2.05) is 12.2 Å². The smallest absolute Gasteiger partial charge is 0.156 e. The molecule has 0 atom stereocenters. The van der Waals surface area contributed by atoms with Crippen molar-refractivity contribution in [2.75, 3.05) is 17.3 Å². The van der Waals surface area contributed by atoms with Gasteiger partial charge in [-0.1, -0.05) is 18.2 Å². The Labute approximate surface area is 88.4 Å². The molecule has 72 valence electrons. The van der Waals surface area contributed by atoms with Crippen molar-refractivity contribution in [3.63, 3.8) is 0 Å². The molecular formula is C10H14OS2. The van der Waals surface area contributed by atoms with Crippen molar-refractivity contribution >= 4 is 29.8 Å². The predicted molar refractivity (Wildman–Crippen MR) is 64.3 cm³/mol. The topological polar surface area (TPSA) is 17.1 Å². The molecule has 0 N–H and O–H groups in total. The Bertz CT molecular complexity index is 197. The van der Waals surface area contributed by atoms with Crippen molar-refractivity contribution in [2.45, 2.75) is 0 Å². The van der Waals surface area contributed by atoms with E-state index in [-0.39, 0.29) is 0 Å². The Morgan fingerprint density at radius 1 is 1.15 bits per heavy atom. The van der Waals surface area contributed by atoms with Gasteiger partial charge in [0.05, 0.1) is 0 Å². The lowest BCUT2D eigenvalue weighted by Crippen LogP contribution is -1.83. The van der Waals surface area contributed by atoms with Crippen LogP contribution in [0.4, 0.5) is 0 Å². The van der Waals surface area contributed by atoms with Gasteiger partial charge < -0.3 is 0 Å². The van der Waals surface area contributed by atoms with Crippen LogP contribution in [-0.4, -0.2) is 23.5 Å². The van der Waals surface area contributed by atoms with Gasteiger partial charge in [-0.15, -0.1) is 24.9 Å². The molecule has 0 fully saturated rings. The summed E-state index contributed by atoms with van der Waals surface area (Å²) >= 11 is 3.25. The third-order valence-corrected chi connectivity index (χ3v) is 2.99. The molecule has 13 heavy (non-hydrogen) atoms. The Hall–Kier alpha value is -0.410. The fourth-order valence-electron chi connectivity index (χ4n) is 0.589. The minimum Gasteiger partial charge on any atom is -0.297 e. The molecule has 0 spiro atoms. The van der Waals surface area contributed by atoms with Crippen molar-refractivity contribution in [1.82, 2.24) is 0 Å². The fourth-order valence-corrected chi connectivity index (χ4v) is 1.87. The van der Waals surface area contributed by atoms with Gasteiger partial charge in [0.25, 0.3) is 0 Å². The van der Waals surface area contributed by atoms with E-state index < -0.39 is 0 Å². The summed E-state index contributed by atoms with van der Waals surface area (Å²) in [6.45, 7) is 7.21. The van der Waals surface area contributed by atoms with E-state index >= 15 is 0 Å². The molecule has 0 aliphatic carbocycles. The maximum atomic E-state index is 10.5. The van der Waals surface area contributed by atoms with Crippen LogP contribution < -0.4 is 0 Å². The third kappa shape index (κ3) is 7.94. The van der Waals surface area contributed by atoms with Crippen molar-refractivity contribution in [3.05, 3.63) is 36.3 Å². The van der Waals surface area contributed by atoms with Crippen LogP contribution in [0.5, 0.6) is 0 Å². The lowest BCUT2D eigenvalue weighted by Gasteiger charge is -1.96. The molecule has 0 rings (SSSR count). The first-order valence-electron chi connectivity index (χ1n) is 3.92. The minimum absolute atomic E-state index is 0.788. The molecule has 0 amide bonds. The van der Waals surface area contributed by atoms with Crippen LogP contribution in [0.3, 0.4) is 0 Å². The Balaban J connectivity index is 3.70. The highest BCUT2D eigenvalue weighted by Gasteiger charge is 1.93. The van der Waals surface area contributed by atoms with Gasteiger partial charge in [-0.3, -0.25) is 4.79 Å². The van der Waals surface area contributed by atoms with Crippen LogP contribution in [0.2, 0.25) is 0 Å². The summed E-state index contributed by atoms with van der Waals surface area (Å²) in [5.74, 6) is 2.58. The van der Waals surface area contributed by atoms with Gasteiger partial charge in [0.1, 0.15) is 0 Å². The van der Waals surface area contributed by atoms with E-state index in [2.05, 4.69) is 13.2 Å². The second-order valence-electron chi connectivity index (χ2n) is 2.15. The monoisotopic (exact) mass is 214 g/mol. The normalized spacial score (nSPS) is 10.9. The molecule has 0 heterocycles. The van der Waals surface area contributed by atoms with Crippen LogP contribution in [0.1, 0.15) is 0 Å². The third-order valence-electron chi connectivity index (χ3n) is 1.12. The minimum atomic E-state index is 0.788. The van der Waals surface area contributed by atoms with Gasteiger partial charge in [-0.25, -0.2) is 0 Å². The van der Waals surface area contributed by atoms with Gasteiger partial charge in [-0.05, 0) is 0 Å². The maximum absolute atomic E-state index is 10.5. The van der Waals surface area contributed by atoms with E-state index in [1.54, 1.807) is 17.8 Å². The van der Waals surface area contributed by atoms with E-state index in [0.29, 0.717) is 0 Å². The summed E-state index contributed by atoms with van der Waals surface area (Å²) in [5, 5.41) is 0. The molecule has 0 aromatic carbocycles. The zero-order chi connectivity index (χ0) is 9.94. The quantitative estimate of drug-likeness (QED) is 0.268. The molecule has 0 aromatic rings. The van der Waals surface area contributed by atoms with Gasteiger partial charge >= 0.3 is 0 Å². The lowest BCUT2D eigenvalue weighted by molar-refractivity contribution is -0.104. The molecule has 0 unspecified atom stereocenters. The van der Waals surface area contributed by atoms with Gasteiger partial charge in [0.15, 0.2) is 6.29 Å². The summed E-state index contributed by atoms with van der Waals surface area (Å²) in [4.78, 5) is 11.3. The zero-order valence-corrected chi connectivity index (χ0v) is 9.20. The molecule has 1 nitrogen and oxygen atoms in total. The fraction of sp³-hybridized carbons (Fsp3) is 0.300. The summed E-state index contributed by atoms with van der Waals surface area (Å²) in [6.07, 6.45) is 6.48. The van der Waals surface area contributed by atoms with Crippen LogP contribution >= 0.6 is 23.5 Å². The highest BCUT2D eigenvalue weighted by atomic mass is 32.2. The summed E-state index contributed by atoms with van der Waals surface area (Å²) in [6, 6.07) is 0. The average molecular weight is 214 g/mol. The largest absolute Gasteiger partial charge is 0.297 e. The van der Waals surface area contributed by atoms with Crippen molar-refractivity contribution in [1.29, 1.82) is 0 Å². The van der Waals surface area contributed by atoms with Gasteiger partial charge in [0.2, 0.25) is 0 Å². The first-order valence-corrected chi connectivity index (χ1v) is 6.06. The highest BCUT2D eigenvalue weighted by molar-refractivity contribution is 8.04. The highest BCUT2D eigenvalue weighted by Crippen LogP contribution is 2.14. The molecule has 0 saturated carbocycles. The Kier molecular flexibility index (Phi) is 9.37. The molecule has 0 aromatic heterocycles. The first kappa shape index (κ1) is 12.6. The summed E-state index contributed by atoms with van der Waals surface area (Å²) in [5.41, 5.74) is 0. The van der Waals surface area contributed by atoms with Crippen LogP contribution in [-0.2, 0) is 4.79 Å². The van der Waals surface area contributed by atoms with Crippen LogP contribution in [0.15, 0.2) is 36.3 Å². The van der Waals surface area contributed by atoms with Crippen LogP contribution in [0.25, 0.3) is 0 Å². The van der Waals surface area contributed by atoms with Gasteiger partial charge in [-0.2, -0.15) is 11.8 Å². The molecular weight excluding hydrogens is 200 g/mol. The first-order chi connectivity index (χ1) is 6.35. The molecule has 0 aliphatic rings. The second-order valence-corrected chi connectivity index (χ2v) is 4.32. The molecule has 0 radical (unpaired) electrons. The number of rotatable bonds is 8. The number of carbonyl (C=O) groups excluding carboxylic acids is 1. The maximum Gasteiger partial charge on any atom is 0.156 e. The van der Waals surface area contributed by atoms with E-state index in [4.69, 9.17) is 0 Å². The van der Waals surface area contributed by atoms with Crippen molar-refractivity contribution in [3.8, 4) is 0 Å². The Morgan fingerprint density at radius 3 is 2.38 bits per heavy atom. The average Bonchev–Trinajstić information content (AvgIpc) is 2.17. The summed E-state index contributed by atoms with van der Waals surface area (Å²) in [7, 11) is 0. The van der Waals surface area contributed by atoms with Crippen molar-refractivity contribution < 1.29 is 4.79 Å². The van der Waals surface area contributed by atoms with Crippen molar-refractivity contribution in [2.24, 2.45) is 0 Å². The number of aldehydes is 1. The Morgan fingerprint density at radius 2 is 1.85 bits per heavy atom. The molecule has 0 bridgehead atoms. The number of hydrogen-bond acceptors (Lipinski definition) is 3. The SMILES string of the molecule is C=CCSC/C=C(/C=O)SCC=C. The van der Waals surface area contributed by atoms with Gasteiger partial charge in [0, 0.05) is 22.2 Å². The zero-order valence-electron chi connectivity index (χ0n) is 7.57. The number of carbonyl (C=O) groups is 1. The number of hydrogen-bond donors (Lipinski definition) is 0. The van der Waals surface area contributed by atoms with E-state index in [1.165, 1.54) is 11.8 Å². The lowest BCUT2D eigenvalue weighted by atomic mass is 10.6. The molecule has 0 aliphatic heterocycles. The predicted octanol–water partition coefficient (Wildman–Crippen LogP) is 2.91.